The Labute approximate surface area is 204 Å². The minimum absolute atomic E-state index is 0. The number of amidine groups is 2. The number of hydrogen-bond acceptors (Lipinski definition) is 4. The van der Waals surface area contributed by atoms with Gasteiger partial charge >= 0.3 is 0 Å². The van der Waals surface area contributed by atoms with Gasteiger partial charge in [-0.05, 0) is 64.8 Å². The zero-order valence-electron chi connectivity index (χ0n) is 19.3. The molecule has 0 fully saturated rings. The summed E-state index contributed by atoms with van der Waals surface area (Å²) < 4.78 is 11.7. The number of nitrogens with two attached hydrogens (primary N) is 2. The molecule has 0 atom stereocenters. The number of benzene rings is 2. The van der Waals surface area contributed by atoms with Crippen molar-refractivity contribution in [1.29, 1.82) is 0 Å². The number of ether oxygens (including phenoxy) is 2. The Bertz CT molecular complexity index is 799. The Morgan fingerprint density at radius 1 is 0.719 bits per heavy atom. The molecule has 0 saturated heterocycles. The van der Waals surface area contributed by atoms with Crippen molar-refractivity contribution in [2.75, 3.05) is 13.2 Å². The first-order valence-electron chi connectivity index (χ1n) is 10.5. The van der Waals surface area contributed by atoms with Crippen LogP contribution in [0.3, 0.4) is 0 Å². The van der Waals surface area contributed by atoms with Crippen molar-refractivity contribution in [3.63, 3.8) is 0 Å². The van der Waals surface area contributed by atoms with E-state index in [9.17, 15) is 0 Å². The van der Waals surface area contributed by atoms with Gasteiger partial charge in [0.25, 0.3) is 0 Å². The van der Waals surface area contributed by atoms with E-state index in [-0.39, 0.29) is 36.9 Å². The minimum Gasteiger partial charge on any atom is -0.494 e. The molecule has 8 heteroatoms. The summed E-state index contributed by atoms with van der Waals surface area (Å²) >= 11 is 0. The zero-order valence-corrected chi connectivity index (χ0v) is 20.9. The lowest BCUT2D eigenvalue weighted by Gasteiger charge is -2.10. The number of hydrogen-bond donors (Lipinski definition) is 2. The number of halogens is 2. The predicted octanol–water partition coefficient (Wildman–Crippen LogP) is 5.00. The van der Waals surface area contributed by atoms with E-state index >= 15 is 0 Å². The SMILES string of the molecule is CC(C)N=C(N)c1cccc(OCCCCOc2cccc(C(N)=NC(C)C)c2)c1.Cl.Cl. The molecule has 0 radical (unpaired) electrons. The van der Waals surface area contributed by atoms with Gasteiger partial charge in [-0.1, -0.05) is 24.3 Å². The van der Waals surface area contributed by atoms with Crippen molar-refractivity contribution in [2.24, 2.45) is 21.5 Å². The topological polar surface area (TPSA) is 95.2 Å². The van der Waals surface area contributed by atoms with E-state index in [2.05, 4.69) is 9.98 Å². The highest BCUT2D eigenvalue weighted by atomic mass is 35.5. The Kier molecular flexibility index (Phi) is 14.2. The predicted molar refractivity (Wildman–Crippen MR) is 139 cm³/mol. The number of rotatable bonds is 11. The quantitative estimate of drug-likeness (QED) is 0.267. The third-order valence-corrected chi connectivity index (χ3v) is 4.13. The maximum Gasteiger partial charge on any atom is 0.126 e. The molecule has 0 heterocycles. The Morgan fingerprint density at radius 3 is 1.44 bits per heavy atom. The van der Waals surface area contributed by atoms with Crippen molar-refractivity contribution >= 4 is 36.5 Å². The molecule has 0 amide bonds. The van der Waals surface area contributed by atoms with E-state index in [0.29, 0.717) is 24.9 Å². The standard InChI is InChI=1S/C24H34N4O2.2ClH/c1-17(2)27-23(25)19-9-7-11-21(15-19)29-13-5-6-14-30-22-12-8-10-20(16-22)24(26)28-18(3)4;;/h7-12,15-18H,5-6,13-14H2,1-4H3,(H2,25,27)(H2,26,28);2*1H. The minimum atomic E-state index is 0. The second-order valence-corrected chi connectivity index (χ2v) is 7.68. The number of aliphatic imine (C=N–C) groups is 2. The molecule has 0 aromatic heterocycles. The molecule has 2 rings (SSSR count). The molecule has 0 bridgehead atoms. The van der Waals surface area contributed by atoms with Gasteiger partial charge in [0, 0.05) is 23.2 Å². The fraction of sp³-hybridized carbons (Fsp3) is 0.417. The maximum atomic E-state index is 6.03. The molecule has 4 N–H and O–H groups in total. The summed E-state index contributed by atoms with van der Waals surface area (Å²) in [6, 6.07) is 15.8. The second kappa shape index (κ2) is 15.4. The largest absolute Gasteiger partial charge is 0.494 e. The smallest absolute Gasteiger partial charge is 0.126 e. The van der Waals surface area contributed by atoms with Crippen molar-refractivity contribution in [1.82, 2.24) is 0 Å². The lowest BCUT2D eigenvalue weighted by atomic mass is 10.2. The van der Waals surface area contributed by atoms with Gasteiger partial charge in [0.05, 0.1) is 13.2 Å². The van der Waals surface area contributed by atoms with E-state index in [4.69, 9.17) is 20.9 Å². The average Bonchev–Trinajstić information content (AvgIpc) is 2.70. The van der Waals surface area contributed by atoms with Crippen molar-refractivity contribution < 1.29 is 9.47 Å². The highest BCUT2D eigenvalue weighted by molar-refractivity contribution is 5.98. The van der Waals surface area contributed by atoms with Gasteiger partial charge in [-0.3, -0.25) is 9.98 Å². The van der Waals surface area contributed by atoms with Crippen LogP contribution in [-0.4, -0.2) is 37.0 Å². The lowest BCUT2D eigenvalue weighted by Crippen LogP contribution is -2.16. The van der Waals surface area contributed by atoms with Crippen LogP contribution in [0, 0.1) is 0 Å². The molecule has 2 aromatic rings. The summed E-state index contributed by atoms with van der Waals surface area (Å²) in [4.78, 5) is 8.75. The average molecular weight is 483 g/mol. The van der Waals surface area contributed by atoms with Gasteiger partial charge in [0.2, 0.25) is 0 Å². The molecule has 0 aliphatic rings. The molecule has 178 valence electrons. The summed E-state index contributed by atoms with van der Waals surface area (Å²) in [7, 11) is 0. The van der Waals surface area contributed by atoms with Crippen LogP contribution in [0.15, 0.2) is 58.5 Å². The molecule has 0 aliphatic heterocycles. The Hall–Kier alpha value is -2.44. The highest BCUT2D eigenvalue weighted by Gasteiger charge is 2.04. The fourth-order valence-corrected chi connectivity index (χ4v) is 2.78. The number of nitrogens with zero attached hydrogens (tertiary/aromatic N) is 2. The third kappa shape index (κ3) is 10.7. The highest BCUT2D eigenvalue weighted by Crippen LogP contribution is 2.16. The fourth-order valence-electron chi connectivity index (χ4n) is 2.78. The number of unbranched alkanes of at least 4 members (excludes halogenated alkanes) is 1. The molecule has 32 heavy (non-hydrogen) atoms. The van der Waals surface area contributed by atoms with Gasteiger partial charge in [0.1, 0.15) is 23.2 Å². The zero-order chi connectivity index (χ0) is 21.9. The first kappa shape index (κ1) is 29.6. The van der Waals surface area contributed by atoms with Crippen LogP contribution in [-0.2, 0) is 0 Å². The lowest BCUT2D eigenvalue weighted by molar-refractivity contribution is 0.266. The van der Waals surface area contributed by atoms with Gasteiger partial charge in [-0.2, -0.15) is 0 Å². The van der Waals surface area contributed by atoms with Crippen LogP contribution >= 0.6 is 24.8 Å². The summed E-state index contributed by atoms with van der Waals surface area (Å²) in [5.41, 5.74) is 13.8. The van der Waals surface area contributed by atoms with Gasteiger partial charge in [-0.15, -0.1) is 24.8 Å². The van der Waals surface area contributed by atoms with Crippen LogP contribution in [0.1, 0.15) is 51.7 Å². The van der Waals surface area contributed by atoms with Crippen molar-refractivity contribution in [3.05, 3.63) is 59.7 Å². The first-order chi connectivity index (χ1) is 14.3. The molecule has 0 saturated carbocycles. The van der Waals surface area contributed by atoms with E-state index < -0.39 is 0 Å². The summed E-state index contributed by atoms with van der Waals surface area (Å²) in [6.07, 6.45) is 1.77. The molecular formula is C24H36Cl2N4O2. The molecule has 6 nitrogen and oxygen atoms in total. The monoisotopic (exact) mass is 482 g/mol. The van der Waals surface area contributed by atoms with Crippen LogP contribution in [0.5, 0.6) is 11.5 Å². The van der Waals surface area contributed by atoms with Gasteiger partial charge < -0.3 is 20.9 Å². The summed E-state index contributed by atoms with van der Waals surface area (Å²) in [5, 5.41) is 0. The summed E-state index contributed by atoms with van der Waals surface area (Å²) in [6.45, 7) is 9.23. The molecule has 2 aromatic carbocycles. The van der Waals surface area contributed by atoms with Crippen molar-refractivity contribution in [2.45, 2.75) is 52.6 Å². The molecular weight excluding hydrogens is 447 g/mol. The maximum absolute atomic E-state index is 6.03. The van der Waals surface area contributed by atoms with Crippen molar-refractivity contribution in [3.8, 4) is 11.5 Å². The Morgan fingerprint density at radius 2 is 1.09 bits per heavy atom. The van der Waals surface area contributed by atoms with E-state index in [0.717, 1.165) is 35.5 Å². The first-order valence-corrected chi connectivity index (χ1v) is 10.5. The third-order valence-electron chi connectivity index (χ3n) is 4.13. The van der Waals surface area contributed by atoms with Crippen LogP contribution in [0.4, 0.5) is 0 Å². The molecule has 0 spiro atoms. The van der Waals surface area contributed by atoms with E-state index in [1.165, 1.54) is 0 Å². The second-order valence-electron chi connectivity index (χ2n) is 7.68. The summed E-state index contributed by atoms with van der Waals surface area (Å²) in [5.74, 6) is 2.65. The van der Waals surface area contributed by atoms with Crippen LogP contribution < -0.4 is 20.9 Å². The van der Waals surface area contributed by atoms with Gasteiger partial charge in [-0.25, -0.2) is 0 Å². The van der Waals surface area contributed by atoms with Gasteiger partial charge in [0.15, 0.2) is 0 Å². The molecule has 0 aliphatic carbocycles. The van der Waals surface area contributed by atoms with E-state index in [1.807, 2.05) is 76.2 Å². The van der Waals surface area contributed by atoms with Crippen LogP contribution in [0.25, 0.3) is 0 Å². The molecule has 0 unspecified atom stereocenters. The van der Waals surface area contributed by atoms with Crippen LogP contribution in [0.2, 0.25) is 0 Å². The van der Waals surface area contributed by atoms with E-state index in [1.54, 1.807) is 0 Å². The Balaban J connectivity index is 0.00000480. The normalized spacial score (nSPS) is 11.7.